The first-order valence-electron chi connectivity index (χ1n) is 30.8. The molecule has 6 nitrogen and oxygen atoms in total. The second-order valence-electron chi connectivity index (χ2n) is 21.4. The van der Waals surface area contributed by atoms with Crippen molar-refractivity contribution in [1.82, 2.24) is 5.32 Å². The van der Waals surface area contributed by atoms with E-state index in [9.17, 15) is 19.8 Å². The lowest BCUT2D eigenvalue weighted by Crippen LogP contribution is -2.45. The summed E-state index contributed by atoms with van der Waals surface area (Å²) < 4.78 is 5.49. The van der Waals surface area contributed by atoms with E-state index >= 15 is 0 Å². The number of ether oxygens (including phenoxy) is 1. The van der Waals surface area contributed by atoms with E-state index in [1.165, 1.54) is 263 Å². The van der Waals surface area contributed by atoms with Gasteiger partial charge in [-0.25, -0.2) is 0 Å². The van der Waals surface area contributed by atoms with Crippen LogP contribution in [-0.4, -0.2) is 47.4 Å². The van der Waals surface area contributed by atoms with Gasteiger partial charge in [0.2, 0.25) is 5.91 Å². The maximum atomic E-state index is 12.5. The fourth-order valence-electron chi connectivity index (χ4n) is 9.94. The summed E-state index contributed by atoms with van der Waals surface area (Å²) >= 11 is 0. The fraction of sp³-hybridized carbons (Fsp3) is 0.967. The zero-order chi connectivity index (χ0) is 48.6. The molecule has 0 aliphatic carbocycles. The number of unbranched alkanes of at least 4 members (excludes halogenated alkanes) is 47. The Kier molecular flexibility index (Phi) is 56.5. The van der Waals surface area contributed by atoms with Crippen LogP contribution in [0.3, 0.4) is 0 Å². The van der Waals surface area contributed by atoms with Crippen LogP contribution in [0.5, 0.6) is 0 Å². The van der Waals surface area contributed by atoms with E-state index in [2.05, 4.69) is 19.2 Å². The molecule has 0 rings (SSSR count). The number of nitrogens with one attached hydrogen (secondary N) is 1. The van der Waals surface area contributed by atoms with Gasteiger partial charge < -0.3 is 20.3 Å². The summed E-state index contributed by atoms with van der Waals surface area (Å²) in [7, 11) is 0. The van der Waals surface area contributed by atoms with Gasteiger partial charge in [-0.2, -0.15) is 0 Å². The van der Waals surface area contributed by atoms with Gasteiger partial charge >= 0.3 is 5.97 Å². The second-order valence-corrected chi connectivity index (χ2v) is 21.4. The third-order valence-electron chi connectivity index (χ3n) is 14.7. The average Bonchev–Trinajstić information content (AvgIpc) is 3.33. The van der Waals surface area contributed by atoms with Gasteiger partial charge in [-0.05, 0) is 25.7 Å². The Morgan fingerprint density at radius 3 is 0.910 bits per heavy atom. The highest BCUT2D eigenvalue weighted by molar-refractivity contribution is 5.76. The maximum absolute atomic E-state index is 12.5. The molecule has 0 spiro atoms. The summed E-state index contributed by atoms with van der Waals surface area (Å²) in [4.78, 5) is 24.6. The van der Waals surface area contributed by atoms with E-state index in [1.54, 1.807) is 0 Å². The Labute approximate surface area is 419 Å². The number of aliphatic hydroxyl groups excluding tert-OH is 2. The van der Waals surface area contributed by atoms with Crippen molar-refractivity contribution in [3.63, 3.8) is 0 Å². The SMILES string of the molecule is CCCCCCCCCCCCCCCCCCCCCCCC(O)C(CO)NC(=O)CCCCCCCCCCCCCCOC(=O)CCCCCCCCCCCCCCCCCCC. The lowest BCUT2D eigenvalue weighted by atomic mass is 10.0. The van der Waals surface area contributed by atoms with Crippen LogP contribution in [0, 0.1) is 0 Å². The van der Waals surface area contributed by atoms with Gasteiger partial charge in [0.1, 0.15) is 0 Å². The van der Waals surface area contributed by atoms with Gasteiger partial charge in [-0.15, -0.1) is 0 Å². The van der Waals surface area contributed by atoms with Crippen LogP contribution in [0.1, 0.15) is 354 Å². The van der Waals surface area contributed by atoms with E-state index in [1.807, 2.05) is 0 Å². The molecular formula is C61H121NO5. The molecule has 2 atom stereocenters. The number of carbonyl (C=O) groups is 2. The van der Waals surface area contributed by atoms with Crippen LogP contribution < -0.4 is 5.32 Å². The molecule has 0 aliphatic rings. The first-order chi connectivity index (χ1) is 33.0. The van der Waals surface area contributed by atoms with Crippen LogP contribution in [0.25, 0.3) is 0 Å². The third-order valence-corrected chi connectivity index (χ3v) is 14.7. The number of esters is 1. The number of hydrogen-bond acceptors (Lipinski definition) is 5. The van der Waals surface area contributed by atoms with Gasteiger partial charge in [-0.3, -0.25) is 9.59 Å². The Morgan fingerprint density at radius 1 is 0.358 bits per heavy atom. The van der Waals surface area contributed by atoms with E-state index < -0.39 is 12.1 Å². The van der Waals surface area contributed by atoms with Crippen molar-refractivity contribution in [3.8, 4) is 0 Å². The molecule has 0 aromatic heterocycles. The molecule has 0 saturated carbocycles. The Morgan fingerprint density at radius 2 is 0.612 bits per heavy atom. The molecule has 1 amide bonds. The van der Waals surface area contributed by atoms with Crippen LogP contribution >= 0.6 is 0 Å². The van der Waals surface area contributed by atoms with Gasteiger partial charge in [0.25, 0.3) is 0 Å². The molecule has 0 aromatic rings. The summed E-state index contributed by atoms with van der Waals surface area (Å²) in [5.41, 5.74) is 0. The highest BCUT2D eigenvalue weighted by Crippen LogP contribution is 2.18. The fourth-order valence-corrected chi connectivity index (χ4v) is 9.94. The molecule has 0 saturated heterocycles. The van der Waals surface area contributed by atoms with Crippen molar-refractivity contribution in [2.24, 2.45) is 0 Å². The minimum absolute atomic E-state index is 0.00365. The molecule has 0 aliphatic heterocycles. The lowest BCUT2D eigenvalue weighted by Gasteiger charge is -2.22. The normalized spacial score (nSPS) is 12.5. The van der Waals surface area contributed by atoms with Crippen molar-refractivity contribution in [2.45, 2.75) is 366 Å². The Hall–Kier alpha value is -1.14. The number of hydrogen-bond donors (Lipinski definition) is 3. The zero-order valence-electron chi connectivity index (χ0n) is 45.7. The van der Waals surface area contributed by atoms with Crippen molar-refractivity contribution < 1.29 is 24.5 Å². The number of amides is 1. The Bertz CT molecular complexity index is 959. The van der Waals surface area contributed by atoms with E-state index in [4.69, 9.17) is 4.74 Å². The summed E-state index contributed by atoms with van der Waals surface area (Å²) in [6, 6.07) is -0.552. The standard InChI is InChI=1S/C61H121NO5/c1-3-5-7-9-11-13-15-17-19-21-22-23-24-26-27-29-33-37-41-45-49-53-59(64)58(57-63)62-60(65)54-50-46-42-38-34-31-32-36-40-44-48-52-56-67-61(66)55-51-47-43-39-35-30-28-25-20-18-16-14-12-10-8-6-4-2/h58-59,63-64H,3-57H2,1-2H3,(H,62,65). The number of carbonyl (C=O) groups excluding carboxylic acids is 2. The summed E-state index contributed by atoms with van der Waals surface area (Å²) in [5, 5.41) is 23.4. The molecule has 0 heterocycles. The highest BCUT2D eigenvalue weighted by Gasteiger charge is 2.20. The van der Waals surface area contributed by atoms with Gasteiger partial charge in [0, 0.05) is 12.8 Å². The summed E-state index contributed by atoms with van der Waals surface area (Å²) in [6.45, 7) is 4.96. The molecule has 0 fully saturated rings. The van der Waals surface area contributed by atoms with Gasteiger partial charge in [0.05, 0.1) is 25.4 Å². The smallest absolute Gasteiger partial charge is 0.305 e. The van der Waals surface area contributed by atoms with E-state index in [0.29, 0.717) is 25.9 Å². The minimum Gasteiger partial charge on any atom is -0.466 e. The molecule has 0 aromatic carbocycles. The minimum atomic E-state index is -0.674. The zero-order valence-corrected chi connectivity index (χ0v) is 45.7. The van der Waals surface area contributed by atoms with Crippen molar-refractivity contribution in [2.75, 3.05) is 13.2 Å². The largest absolute Gasteiger partial charge is 0.466 e. The van der Waals surface area contributed by atoms with Crippen LogP contribution in [0.4, 0.5) is 0 Å². The van der Waals surface area contributed by atoms with E-state index in [-0.39, 0.29) is 18.5 Å². The monoisotopic (exact) mass is 948 g/mol. The molecule has 0 radical (unpaired) electrons. The number of rotatable bonds is 58. The molecule has 3 N–H and O–H groups in total. The Balaban J connectivity index is 3.42. The highest BCUT2D eigenvalue weighted by atomic mass is 16.5. The maximum Gasteiger partial charge on any atom is 0.305 e. The van der Waals surface area contributed by atoms with Gasteiger partial charge in [-0.1, -0.05) is 316 Å². The topological polar surface area (TPSA) is 95.9 Å². The summed E-state index contributed by atoms with van der Waals surface area (Å²) in [6.07, 6.45) is 66.7. The molecule has 0 bridgehead atoms. The quantitative estimate of drug-likeness (QED) is 0.0417. The number of aliphatic hydroxyl groups is 2. The lowest BCUT2D eigenvalue weighted by molar-refractivity contribution is -0.143. The van der Waals surface area contributed by atoms with Gasteiger partial charge in [0.15, 0.2) is 0 Å². The third kappa shape index (κ3) is 54.0. The molecule has 67 heavy (non-hydrogen) atoms. The molecule has 2 unspecified atom stereocenters. The van der Waals surface area contributed by atoms with Crippen molar-refractivity contribution in [1.29, 1.82) is 0 Å². The van der Waals surface area contributed by atoms with Crippen LogP contribution in [0.2, 0.25) is 0 Å². The van der Waals surface area contributed by atoms with E-state index in [0.717, 1.165) is 57.8 Å². The molecular weight excluding hydrogens is 827 g/mol. The van der Waals surface area contributed by atoms with Crippen LogP contribution in [-0.2, 0) is 14.3 Å². The predicted octanol–water partition coefficient (Wildman–Crippen LogP) is 19.1. The second kappa shape index (κ2) is 57.4. The van der Waals surface area contributed by atoms with Crippen molar-refractivity contribution in [3.05, 3.63) is 0 Å². The van der Waals surface area contributed by atoms with Crippen LogP contribution in [0.15, 0.2) is 0 Å². The first kappa shape index (κ1) is 65.9. The summed E-state index contributed by atoms with van der Waals surface area (Å²) in [5.74, 6) is -0.0492. The average molecular weight is 949 g/mol. The van der Waals surface area contributed by atoms with Crippen molar-refractivity contribution >= 4 is 11.9 Å². The predicted molar refractivity (Wildman–Crippen MR) is 292 cm³/mol. The molecule has 6 heteroatoms. The molecule has 400 valence electrons. The first-order valence-corrected chi connectivity index (χ1v) is 30.8.